The number of nitrogens with two attached hydrogens (primary N) is 1. The van der Waals surface area contributed by atoms with E-state index in [1.54, 1.807) is 12.3 Å². The molecule has 18 heavy (non-hydrogen) atoms. The average Bonchev–Trinajstić information content (AvgIpc) is 2.31. The van der Waals surface area contributed by atoms with Gasteiger partial charge in [0.1, 0.15) is 5.82 Å². The van der Waals surface area contributed by atoms with Crippen LogP contribution in [0.4, 0.5) is 17.5 Å². The molecule has 2 rings (SSSR count). The molecular formula is C12H15N5O. The Morgan fingerprint density at radius 3 is 2.78 bits per heavy atom. The van der Waals surface area contributed by atoms with Crippen molar-refractivity contribution >= 4 is 17.5 Å². The highest BCUT2D eigenvalue weighted by atomic mass is 16.5. The molecule has 0 amide bonds. The monoisotopic (exact) mass is 245 g/mol. The maximum atomic E-state index is 5.58. The molecular weight excluding hydrogens is 230 g/mol. The Kier molecular flexibility index (Phi) is 3.57. The third kappa shape index (κ3) is 3.07. The largest absolute Gasteiger partial charge is 0.478 e. The van der Waals surface area contributed by atoms with Crippen LogP contribution < -0.4 is 15.8 Å². The van der Waals surface area contributed by atoms with Crippen molar-refractivity contribution in [3.8, 4) is 5.88 Å². The molecule has 2 aromatic heterocycles. The van der Waals surface area contributed by atoms with Crippen molar-refractivity contribution in [1.82, 2.24) is 15.0 Å². The van der Waals surface area contributed by atoms with Crippen LogP contribution >= 0.6 is 0 Å². The molecule has 3 N–H and O–H groups in total. The van der Waals surface area contributed by atoms with Crippen LogP contribution in [0.15, 0.2) is 24.4 Å². The number of pyridine rings is 1. The first kappa shape index (κ1) is 12.1. The lowest BCUT2D eigenvalue weighted by molar-refractivity contribution is 0.327. The van der Waals surface area contributed by atoms with Crippen molar-refractivity contribution in [2.45, 2.75) is 13.8 Å². The second-order valence-corrected chi connectivity index (χ2v) is 3.70. The lowest BCUT2D eigenvalue weighted by Crippen LogP contribution is -2.01. The van der Waals surface area contributed by atoms with E-state index in [1.807, 2.05) is 26.0 Å². The molecule has 0 aliphatic rings. The number of anilines is 3. The smallest absolute Gasteiger partial charge is 0.222 e. The van der Waals surface area contributed by atoms with Crippen molar-refractivity contribution < 1.29 is 4.74 Å². The zero-order valence-corrected chi connectivity index (χ0v) is 10.3. The van der Waals surface area contributed by atoms with Gasteiger partial charge in [-0.1, -0.05) is 0 Å². The van der Waals surface area contributed by atoms with E-state index >= 15 is 0 Å². The lowest BCUT2D eigenvalue weighted by Gasteiger charge is -2.07. The summed E-state index contributed by atoms with van der Waals surface area (Å²) in [6, 6.07) is 5.47. The molecule has 6 nitrogen and oxygen atoms in total. The SMILES string of the molecule is CCOc1ccc(Nc2cc(C)nc(N)n2)cn1. The van der Waals surface area contributed by atoms with E-state index in [4.69, 9.17) is 10.5 Å². The summed E-state index contributed by atoms with van der Waals surface area (Å²) < 4.78 is 5.26. The van der Waals surface area contributed by atoms with E-state index in [-0.39, 0.29) is 5.95 Å². The number of nitrogens with zero attached hydrogens (tertiary/aromatic N) is 3. The van der Waals surface area contributed by atoms with Gasteiger partial charge >= 0.3 is 0 Å². The number of rotatable bonds is 4. The summed E-state index contributed by atoms with van der Waals surface area (Å²) in [7, 11) is 0. The Hall–Kier alpha value is -2.37. The Labute approximate surface area is 105 Å². The Bertz CT molecular complexity index is 506. The minimum absolute atomic E-state index is 0.247. The minimum Gasteiger partial charge on any atom is -0.478 e. The second kappa shape index (κ2) is 5.31. The topological polar surface area (TPSA) is 86.0 Å². The summed E-state index contributed by atoms with van der Waals surface area (Å²) in [5.74, 6) is 1.49. The van der Waals surface area contributed by atoms with Gasteiger partial charge in [-0.15, -0.1) is 0 Å². The predicted molar refractivity (Wildman–Crippen MR) is 69.9 cm³/mol. The maximum Gasteiger partial charge on any atom is 0.222 e. The average molecular weight is 245 g/mol. The van der Waals surface area contributed by atoms with E-state index in [2.05, 4.69) is 20.3 Å². The van der Waals surface area contributed by atoms with Crippen molar-refractivity contribution in [2.75, 3.05) is 17.7 Å². The van der Waals surface area contributed by atoms with Crippen LogP contribution in [0, 0.1) is 6.92 Å². The zero-order valence-electron chi connectivity index (χ0n) is 10.3. The van der Waals surface area contributed by atoms with E-state index in [9.17, 15) is 0 Å². The third-order valence-corrected chi connectivity index (χ3v) is 2.17. The van der Waals surface area contributed by atoms with Gasteiger partial charge in [-0.2, -0.15) is 4.98 Å². The molecule has 2 aromatic rings. The Morgan fingerprint density at radius 1 is 1.33 bits per heavy atom. The molecule has 0 saturated heterocycles. The highest BCUT2D eigenvalue weighted by Crippen LogP contribution is 2.17. The van der Waals surface area contributed by atoms with Gasteiger partial charge in [-0.3, -0.25) is 0 Å². The number of ether oxygens (including phenoxy) is 1. The normalized spacial score (nSPS) is 10.1. The lowest BCUT2D eigenvalue weighted by atomic mass is 10.4. The fourth-order valence-electron chi connectivity index (χ4n) is 1.49. The molecule has 2 heterocycles. The number of nitrogens with one attached hydrogen (secondary N) is 1. The number of aryl methyl sites for hydroxylation is 1. The Balaban J connectivity index is 2.13. The van der Waals surface area contributed by atoms with Gasteiger partial charge in [-0.05, 0) is 19.9 Å². The number of aromatic nitrogens is 3. The Morgan fingerprint density at radius 2 is 2.17 bits per heavy atom. The first-order valence-electron chi connectivity index (χ1n) is 5.64. The summed E-state index contributed by atoms with van der Waals surface area (Å²) in [6.45, 7) is 4.38. The van der Waals surface area contributed by atoms with E-state index in [0.717, 1.165) is 11.4 Å². The van der Waals surface area contributed by atoms with Crippen molar-refractivity contribution in [2.24, 2.45) is 0 Å². The molecule has 0 aliphatic heterocycles. The molecule has 0 fully saturated rings. The van der Waals surface area contributed by atoms with Gasteiger partial charge in [0.2, 0.25) is 11.8 Å². The van der Waals surface area contributed by atoms with Crippen molar-refractivity contribution in [1.29, 1.82) is 0 Å². The fourth-order valence-corrected chi connectivity index (χ4v) is 1.49. The molecule has 0 spiro atoms. The highest BCUT2D eigenvalue weighted by molar-refractivity contribution is 5.56. The van der Waals surface area contributed by atoms with Crippen LogP contribution in [0.25, 0.3) is 0 Å². The van der Waals surface area contributed by atoms with Crippen LogP contribution in [0.1, 0.15) is 12.6 Å². The molecule has 0 unspecified atom stereocenters. The molecule has 6 heteroatoms. The van der Waals surface area contributed by atoms with Gasteiger partial charge in [0.05, 0.1) is 18.5 Å². The molecule has 0 atom stereocenters. The number of nitrogen functional groups attached to an aromatic ring is 1. The molecule has 0 bridgehead atoms. The first-order chi connectivity index (χ1) is 8.67. The number of hydrogen-bond acceptors (Lipinski definition) is 6. The first-order valence-corrected chi connectivity index (χ1v) is 5.64. The van der Waals surface area contributed by atoms with Crippen LogP contribution in [-0.4, -0.2) is 21.6 Å². The molecule has 0 saturated carbocycles. The third-order valence-electron chi connectivity index (χ3n) is 2.17. The summed E-state index contributed by atoms with van der Waals surface area (Å²) >= 11 is 0. The van der Waals surface area contributed by atoms with Gasteiger partial charge in [0.15, 0.2) is 0 Å². The molecule has 0 aromatic carbocycles. The number of hydrogen-bond donors (Lipinski definition) is 2. The van der Waals surface area contributed by atoms with Crippen molar-refractivity contribution in [3.63, 3.8) is 0 Å². The van der Waals surface area contributed by atoms with Gasteiger partial charge in [0, 0.05) is 17.8 Å². The summed E-state index contributed by atoms with van der Waals surface area (Å²) in [5.41, 5.74) is 7.20. The molecule has 0 radical (unpaired) electrons. The van der Waals surface area contributed by atoms with Crippen molar-refractivity contribution in [3.05, 3.63) is 30.1 Å². The molecule has 0 aliphatic carbocycles. The predicted octanol–water partition coefficient (Wildman–Crippen LogP) is 1.90. The maximum absolute atomic E-state index is 5.58. The summed E-state index contributed by atoms with van der Waals surface area (Å²) in [6.07, 6.45) is 1.68. The zero-order chi connectivity index (χ0) is 13.0. The fraction of sp³-hybridized carbons (Fsp3) is 0.250. The van der Waals surface area contributed by atoms with Crippen LogP contribution in [0.2, 0.25) is 0 Å². The van der Waals surface area contributed by atoms with Crippen LogP contribution in [0.5, 0.6) is 5.88 Å². The van der Waals surface area contributed by atoms with Gasteiger partial charge < -0.3 is 15.8 Å². The summed E-state index contributed by atoms with van der Waals surface area (Å²) in [5, 5.41) is 3.11. The second-order valence-electron chi connectivity index (χ2n) is 3.70. The van der Waals surface area contributed by atoms with Crippen LogP contribution in [0.3, 0.4) is 0 Å². The van der Waals surface area contributed by atoms with Crippen LogP contribution in [-0.2, 0) is 0 Å². The summed E-state index contributed by atoms with van der Waals surface area (Å²) in [4.78, 5) is 12.2. The standard InChI is InChI=1S/C12H15N5O/c1-3-18-11-5-4-9(7-14-11)16-10-6-8(2)15-12(13)17-10/h4-7H,3H2,1-2H3,(H3,13,15,16,17). The highest BCUT2D eigenvalue weighted by Gasteiger charge is 2.01. The van der Waals surface area contributed by atoms with E-state index < -0.39 is 0 Å². The minimum atomic E-state index is 0.247. The van der Waals surface area contributed by atoms with Gasteiger partial charge in [0.25, 0.3) is 0 Å². The van der Waals surface area contributed by atoms with E-state index in [0.29, 0.717) is 18.3 Å². The quantitative estimate of drug-likeness (QED) is 0.855. The van der Waals surface area contributed by atoms with E-state index in [1.165, 1.54) is 0 Å². The molecule has 94 valence electrons. The van der Waals surface area contributed by atoms with Gasteiger partial charge in [-0.25, -0.2) is 9.97 Å².